The van der Waals surface area contributed by atoms with Gasteiger partial charge in [-0.3, -0.25) is 14.9 Å². The number of rotatable bonds is 4. The van der Waals surface area contributed by atoms with Crippen LogP contribution in [-0.2, 0) is 10.2 Å². The SMILES string of the molecule is [C-]#[N+]c1cnc(NC(=O)CN2C[C@@]3(C[C@H]3F)c3c(ccc(C4CC4)c3F)C2=O)nc1. The first-order chi connectivity index (χ1) is 14.4. The largest absolute Gasteiger partial charge is 0.328 e. The number of benzene rings is 1. The highest BCUT2D eigenvalue weighted by Gasteiger charge is 2.62. The summed E-state index contributed by atoms with van der Waals surface area (Å²) in [5.41, 5.74) is 0.0268. The molecular weight excluding hydrogens is 392 g/mol. The van der Waals surface area contributed by atoms with Gasteiger partial charge in [0.1, 0.15) is 18.5 Å². The maximum Gasteiger partial charge on any atom is 0.254 e. The van der Waals surface area contributed by atoms with Gasteiger partial charge in [-0.05, 0) is 36.8 Å². The van der Waals surface area contributed by atoms with Crippen molar-refractivity contribution >= 4 is 23.5 Å². The molecule has 2 fully saturated rings. The van der Waals surface area contributed by atoms with Crippen molar-refractivity contribution in [2.45, 2.75) is 36.8 Å². The average molecular weight is 409 g/mol. The number of hydrogen-bond acceptors (Lipinski definition) is 4. The Bertz CT molecular complexity index is 1110. The summed E-state index contributed by atoms with van der Waals surface area (Å²) in [6.45, 7) is 6.51. The minimum atomic E-state index is -1.25. The van der Waals surface area contributed by atoms with Crippen molar-refractivity contribution in [3.63, 3.8) is 0 Å². The molecule has 1 aromatic heterocycles. The van der Waals surface area contributed by atoms with E-state index in [1.165, 1.54) is 17.3 Å². The Hall–Kier alpha value is -3.41. The molecule has 0 radical (unpaired) electrons. The van der Waals surface area contributed by atoms with Crippen LogP contribution in [0.25, 0.3) is 4.85 Å². The number of hydrogen-bond donors (Lipinski definition) is 1. The van der Waals surface area contributed by atoms with Gasteiger partial charge in [0.15, 0.2) is 0 Å². The first-order valence-electron chi connectivity index (χ1n) is 9.68. The highest BCUT2D eigenvalue weighted by Crippen LogP contribution is 2.56. The summed E-state index contributed by atoms with van der Waals surface area (Å²) in [7, 11) is 0. The second kappa shape index (κ2) is 6.55. The van der Waals surface area contributed by atoms with E-state index in [1.807, 2.05) is 0 Å². The van der Waals surface area contributed by atoms with Gasteiger partial charge in [-0.1, -0.05) is 6.07 Å². The molecule has 0 bridgehead atoms. The molecule has 30 heavy (non-hydrogen) atoms. The molecule has 9 heteroatoms. The van der Waals surface area contributed by atoms with Gasteiger partial charge in [0, 0.05) is 30.1 Å². The molecule has 0 unspecified atom stereocenters. The number of nitrogens with zero attached hydrogens (tertiary/aromatic N) is 4. The van der Waals surface area contributed by atoms with Crippen LogP contribution in [0.3, 0.4) is 0 Å². The van der Waals surface area contributed by atoms with E-state index in [0.717, 1.165) is 12.8 Å². The second-order valence-corrected chi connectivity index (χ2v) is 8.08. The fourth-order valence-corrected chi connectivity index (χ4v) is 4.22. The van der Waals surface area contributed by atoms with E-state index in [4.69, 9.17) is 6.57 Å². The molecule has 7 nitrogen and oxygen atoms in total. The number of carbonyl (C=O) groups is 2. The zero-order valence-corrected chi connectivity index (χ0v) is 15.9. The zero-order valence-electron chi connectivity index (χ0n) is 15.9. The number of anilines is 1. The van der Waals surface area contributed by atoms with Crippen LogP contribution in [0.4, 0.5) is 20.4 Å². The van der Waals surface area contributed by atoms with Crippen LogP contribution in [-0.4, -0.2) is 45.9 Å². The van der Waals surface area contributed by atoms with Crippen molar-refractivity contribution in [3.8, 4) is 0 Å². The fraction of sp³-hybridized carbons (Fsp3) is 0.381. The minimum absolute atomic E-state index is 0.00174. The predicted octanol–water partition coefficient (Wildman–Crippen LogP) is 3.12. The summed E-state index contributed by atoms with van der Waals surface area (Å²) < 4.78 is 29.7. The number of alkyl halides is 1. The van der Waals surface area contributed by atoms with Crippen molar-refractivity contribution in [2.24, 2.45) is 0 Å². The maximum absolute atomic E-state index is 15.2. The van der Waals surface area contributed by atoms with Crippen LogP contribution in [0.5, 0.6) is 0 Å². The van der Waals surface area contributed by atoms with Gasteiger partial charge in [-0.15, -0.1) is 0 Å². The third kappa shape index (κ3) is 2.91. The molecule has 1 N–H and O–H groups in total. The number of carbonyl (C=O) groups excluding carboxylic acids is 2. The number of halogens is 2. The van der Waals surface area contributed by atoms with E-state index in [0.29, 0.717) is 5.56 Å². The van der Waals surface area contributed by atoms with E-state index in [-0.39, 0.29) is 48.2 Å². The number of fused-ring (bicyclic) bond motifs is 2. The lowest BCUT2D eigenvalue weighted by atomic mass is 9.83. The highest BCUT2D eigenvalue weighted by molar-refractivity contribution is 6.01. The number of aromatic nitrogens is 2. The molecular formula is C21H17F2N5O2. The van der Waals surface area contributed by atoms with Crippen molar-refractivity contribution in [1.29, 1.82) is 0 Å². The topological polar surface area (TPSA) is 79.5 Å². The molecule has 2 saturated carbocycles. The molecule has 2 aliphatic carbocycles. The van der Waals surface area contributed by atoms with Gasteiger partial charge in [-0.25, -0.2) is 23.6 Å². The highest BCUT2D eigenvalue weighted by atomic mass is 19.1. The number of amides is 2. The molecule has 5 rings (SSSR count). The van der Waals surface area contributed by atoms with E-state index >= 15 is 4.39 Å². The zero-order chi connectivity index (χ0) is 21.0. The smallest absolute Gasteiger partial charge is 0.254 e. The Morgan fingerprint density at radius 2 is 2.03 bits per heavy atom. The van der Waals surface area contributed by atoms with Gasteiger partial charge in [0.25, 0.3) is 5.91 Å². The van der Waals surface area contributed by atoms with E-state index in [1.54, 1.807) is 12.1 Å². The third-order valence-corrected chi connectivity index (χ3v) is 6.01. The van der Waals surface area contributed by atoms with Crippen LogP contribution in [0.15, 0.2) is 24.5 Å². The standard InChI is InChI=1S/C21H17F2N5O2/c1-24-12-7-25-20(26-8-12)27-16(29)9-28-10-21(6-15(21)22)17-14(19(28)30)5-4-13(18(17)23)11-2-3-11/h4-5,7-8,11,15H,2-3,6,9-10H2,(H,25,26,27,29)/t15-,21-/m1/s1. The molecule has 2 aromatic rings. The predicted molar refractivity (Wildman–Crippen MR) is 102 cm³/mol. The van der Waals surface area contributed by atoms with Gasteiger partial charge < -0.3 is 4.90 Å². The Morgan fingerprint density at radius 1 is 1.33 bits per heavy atom. The first-order valence-corrected chi connectivity index (χ1v) is 9.68. The van der Waals surface area contributed by atoms with Crippen molar-refractivity contribution in [1.82, 2.24) is 14.9 Å². The number of nitrogens with one attached hydrogen (secondary N) is 1. The Balaban J connectivity index is 1.39. The Kier molecular flexibility index (Phi) is 4.07. The molecule has 3 aliphatic rings. The third-order valence-electron chi connectivity index (χ3n) is 6.01. The van der Waals surface area contributed by atoms with Gasteiger partial charge in [0.05, 0.1) is 12.0 Å². The Morgan fingerprint density at radius 3 is 2.63 bits per heavy atom. The quantitative estimate of drug-likeness (QED) is 0.787. The summed E-state index contributed by atoms with van der Waals surface area (Å²) in [6, 6.07) is 3.18. The maximum atomic E-state index is 15.2. The van der Waals surface area contributed by atoms with Crippen molar-refractivity contribution in [2.75, 3.05) is 18.4 Å². The molecule has 1 aliphatic heterocycles. The first kappa shape index (κ1) is 18.6. The van der Waals surface area contributed by atoms with Gasteiger partial charge in [0.2, 0.25) is 17.5 Å². The average Bonchev–Trinajstić information content (AvgIpc) is 3.65. The van der Waals surface area contributed by atoms with Crippen LogP contribution in [0, 0.1) is 12.4 Å². The van der Waals surface area contributed by atoms with Gasteiger partial charge in [-0.2, -0.15) is 0 Å². The summed E-state index contributed by atoms with van der Waals surface area (Å²) in [4.78, 5) is 37.5. The lowest BCUT2D eigenvalue weighted by molar-refractivity contribution is -0.117. The van der Waals surface area contributed by atoms with E-state index in [2.05, 4.69) is 20.1 Å². The Labute approximate surface area is 170 Å². The summed E-state index contributed by atoms with van der Waals surface area (Å²) in [5.74, 6) is -1.35. The van der Waals surface area contributed by atoms with Crippen molar-refractivity contribution in [3.05, 3.63) is 58.5 Å². The molecule has 2 heterocycles. The van der Waals surface area contributed by atoms with Crippen molar-refractivity contribution < 1.29 is 18.4 Å². The van der Waals surface area contributed by atoms with Gasteiger partial charge >= 0.3 is 0 Å². The molecule has 0 saturated heterocycles. The molecule has 2 amide bonds. The van der Waals surface area contributed by atoms with Crippen LogP contribution >= 0.6 is 0 Å². The molecule has 152 valence electrons. The summed E-state index contributed by atoms with van der Waals surface area (Å²) >= 11 is 0. The minimum Gasteiger partial charge on any atom is -0.328 e. The van der Waals surface area contributed by atoms with E-state index in [9.17, 15) is 14.0 Å². The second-order valence-electron chi connectivity index (χ2n) is 8.08. The summed E-state index contributed by atoms with van der Waals surface area (Å²) in [6.07, 6.45) is 3.23. The lowest BCUT2D eigenvalue weighted by Gasteiger charge is -2.35. The monoisotopic (exact) mass is 409 g/mol. The van der Waals surface area contributed by atoms with E-state index < -0.39 is 29.2 Å². The van der Waals surface area contributed by atoms with Crippen LogP contribution < -0.4 is 5.32 Å². The van der Waals surface area contributed by atoms with Crippen LogP contribution in [0.1, 0.15) is 46.7 Å². The lowest BCUT2D eigenvalue weighted by Crippen LogP contribution is -2.48. The molecule has 1 aromatic carbocycles. The van der Waals surface area contributed by atoms with Crippen LogP contribution in [0.2, 0.25) is 0 Å². The molecule has 2 atom stereocenters. The normalized spacial score (nSPS) is 24.4. The summed E-state index contributed by atoms with van der Waals surface area (Å²) in [5, 5.41) is 2.46. The molecule has 1 spiro atoms. The fourth-order valence-electron chi connectivity index (χ4n) is 4.22.